The molecule has 2 aromatic heterocycles. The Morgan fingerprint density at radius 2 is 1.34 bits per heavy atom. The summed E-state index contributed by atoms with van der Waals surface area (Å²) in [5.74, 6) is -0.419. The van der Waals surface area contributed by atoms with Crippen LogP contribution in [-0.4, -0.2) is 26.2 Å². The number of carbonyl (C=O) groups is 2. The van der Waals surface area contributed by atoms with E-state index in [1.165, 1.54) is 14.2 Å². The zero-order valence-electron chi connectivity index (χ0n) is 16.2. The Balaban J connectivity index is 0.000000166. The predicted octanol–water partition coefficient (Wildman–Crippen LogP) is 5.64. The number of hydrogen-bond acceptors (Lipinski definition) is 6. The minimum atomic E-state index is -0.452. The third kappa shape index (κ3) is 4.68. The Morgan fingerprint density at radius 1 is 0.828 bits per heavy atom. The maximum absolute atomic E-state index is 11.2. The number of esters is 2. The fourth-order valence-corrected chi connectivity index (χ4v) is 3.05. The van der Waals surface area contributed by atoms with E-state index in [2.05, 4.69) is 25.4 Å². The first-order chi connectivity index (χ1) is 13.9. The average Bonchev–Trinajstić information content (AvgIpc) is 3.36. The minimum absolute atomic E-state index is 0.235. The second-order valence-corrected chi connectivity index (χ2v) is 6.81. The van der Waals surface area contributed by atoms with Crippen LogP contribution in [0.4, 0.5) is 0 Å². The lowest BCUT2D eigenvalue weighted by Crippen LogP contribution is -1.97. The molecule has 0 aliphatic rings. The van der Waals surface area contributed by atoms with Gasteiger partial charge in [-0.2, -0.15) is 0 Å². The van der Waals surface area contributed by atoms with Crippen molar-refractivity contribution in [3.8, 4) is 0 Å². The van der Waals surface area contributed by atoms with Crippen LogP contribution in [0.2, 0.25) is 0 Å². The molecular formula is C22H19BrO6. The van der Waals surface area contributed by atoms with E-state index in [4.69, 9.17) is 8.83 Å². The molecule has 150 valence electrons. The van der Waals surface area contributed by atoms with Crippen LogP contribution in [0.5, 0.6) is 0 Å². The average molecular weight is 459 g/mol. The summed E-state index contributed by atoms with van der Waals surface area (Å²) < 4.78 is 19.8. The summed E-state index contributed by atoms with van der Waals surface area (Å²) in [5.41, 5.74) is 3.62. The zero-order valence-corrected chi connectivity index (χ0v) is 17.7. The van der Waals surface area contributed by atoms with Gasteiger partial charge in [-0.05, 0) is 42.3 Å². The standard InChI is InChI=1S/C11H9BrO3.C11H10O3/c1-14-11(13)10-5-8-3-2-7(6-12)4-9(8)15-10;1-7-3-4-8-6-10(11(12)13-2)14-9(8)5-7/h2-5H,6H2,1H3;3-6H,1-2H3. The van der Waals surface area contributed by atoms with Crippen molar-refractivity contribution >= 4 is 49.8 Å². The number of ether oxygens (including phenoxy) is 2. The smallest absolute Gasteiger partial charge is 0.373 e. The van der Waals surface area contributed by atoms with Gasteiger partial charge < -0.3 is 18.3 Å². The van der Waals surface area contributed by atoms with Crippen molar-refractivity contribution < 1.29 is 27.9 Å². The molecule has 6 nitrogen and oxygen atoms in total. The van der Waals surface area contributed by atoms with Crippen LogP contribution in [0.25, 0.3) is 21.9 Å². The highest BCUT2D eigenvalue weighted by Crippen LogP contribution is 2.22. The van der Waals surface area contributed by atoms with Gasteiger partial charge in [-0.3, -0.25) is 0 Å². The number of methoxy groups -OCH3 is 2. The van der Waals surface area contributed by atoms with Crippen molar-refractivity contribution in [3.05, 3.63) is 71.2 Å². The molecule has 0 amide bonds. The van der Waals surface area contributed by atoms with Crippen molar-refractivity contribution in [2.75, 3.05) is 14.2 Å². The van der Waals surface area contributed by atoms with E-state index in [9.17, 15) is 9.59 Å². The summed E-state index contributed by atoms with van der Waals surface area (Å²) in [6, 6.07) is 14.9. The first-order valence-electron chi connectivity index (χ1n) is 8.70. The number of fused-ring (bicyclic) bond motifs is 2. The summed E-state index contributed by atoms with van der Waals surface area (Å²) in [5, 5.41) is 2.58. The van der Waals surface area contributed by atoms with Crippen LogP contribution in [-0.2, 0) is 14.8 Å². The molecule has 4 rings (SSSR count). The van der Waals surface area contributed by atoms with E-state index in [0.717, 1.165) is 27.2 Å². The molecule has 4 aromatic rings. The monoisotopic (exact) mass is 458 g/mol. The Kier molecular flexibility index (Phi) is 6.39. The van der Waals surface area contributed by atoms with Crippen molar-refractivity contribution in [1.82, 2.24) is 0 Å². The lowest BCUT2D eigenvalue weighted by molar-refractivity contribution is 0.0559. The first-order valence-corrected chi connectivity index (χ1v) is 9.82. The molecule has 2 aromatic carbocycles. The normalized spacial score (nSPS) is 10.5. The van der Waals surface area contributed by atoms with E-state index in [1.807, 2.05) is 43.3 Å². The predicted molar refractivity (Wildman–Crippen MR) is 112 cm³/mol. The summed E-state index contributed by atoms with van der Waals surface area (Å²) in [6.45, 7) is 1.97. The molecule has 0 spiro atoms. The number of furan rings is 2. The van der Waals surface area contributed by atoms with Gasteiger partial charge in [-0.15, -0.1) is 0 Å². The summed E-state index contributed by atoms with van der Waals surface area (Å²) in [4.78, 5) is 22.4. The third-order valence-electron chi connectivity index (χ3n) is 4.19. The fraction of sp³-hybridized carbons (Fsp3) is 0.182. The van der Waals surface area contributed by atoms with Gasteiger partial charge in [0.05, 0.1) is 14.2 Å². The highest BCUT2D eigenvalue weighted by atomic mass is 79.9. The summed E-state index contributed by atoms with van der Waals surface area (Å²) >= 11 is 3.36. The number of aryl methyl sites for hydroxylation is 1. The molecule has 7 heteroatoms. The van der Waals surface area contributed by atoms with Crippen molar-refractivity contribution in [2.45, 2.75) is 12.3 Å². The third-order valence-corrected chi connectivity index (χ3v) is 4.84. The van der Waals surface area contributed by atoms with Gasteiger partial charge in [0.25, 0.3) is 0 Å². The number of benzene rings is 2. The zero-order chi connectivity index (χ0) is 21.0. The van der Waals surface area contributed by atoms with Crippen LogP contribution in [0, 0.1) is 6.92 Å². The Bertz CT molecular complexity index is 1170. The molecular weight excluding hydrogens is 440 g/mol. The lowest BCUT2D eigenvalue weighted by Gasteiger charge is -1.93. The van der Waals surface area contributed by atoms with Crippen molar-refractivity contribution in [3.63, 3.8) is 0 Å². The quantitative estimate of drug-likeness (QED) is 0.291. The molecule has 0 atom stereocenters. The molecule has 0 bridgehead atoms. The van der Waals surface area contributed by atoms with Crippen LogP contribution < -0.4 is 0 Å². The highest BCUT2D eigenvalue weighted by Gasteiger charge is 2.12. The van der Waals surface area contributed by atoms with E-state index in [0.29, 0.717) is 11.2 Å². The molecule has 0 aliphatic carbocycles. The van der Waals surface area contributed by atoms with E-state index < -0.39 is 11.9 Å². The lowest BCUT2D eigenvalue weighted by atomic mass is 10.2. The topological polar surface area (TPSA) is 78.9 Å². The molecule has 0 fully saturated rings. The van der Waals surface area contributed by atoms with Crippen molar-refractivity contribution in [2.24, 2.45) is 0 Å². The number of rotatable bonds is 3. The second-order valence-electron chi connectivity index (χ2n) is 6.25. The van der Waals surface area contributed by atoms with Crippen LogP contribution in [0.1, 0.15) is 32.2 Å². The fourth-order valence-electron chi connectivity index (χ4n) is 2.70. The van der Waals surface area contributed by atoms with Gasteiger partial charge >= 0.3 is 11.9 Å². The van der Waals surface area contributed by atoms with E-state index in [1.54, 1.807) is 12.1 Å². The Labute approximate surface area is 175 Å². The Hall–Kier alpha value is -3.06. The molecule has 2 heterocycles. The van der Waals surface area contributed by atoms with Gasteiger partial charge in [0.1, 0.15) is 11.2 Å². The van der Waals surface area contributed by atoms with Gasteiger partial charge in [0.2, 0.25) is 11.5 Å². The van der Waals surface area contributed by atoms with Gasteiger partial charge in [-0.25, -0.2) is 9.59 Å². The Morgan fingerprint density at radius 3 is 1.86 bits per heavy atom. The molecule has 0 N–H and O–H groups in total. The summed E-state index contributed by atoms with van der Waals surface area (Å²) in [6.07, 6.45) is 0. The molecule has 0 unspecified atom stereocenters. The molecule has 0 saturated heterocycles. The molecule has 29 heavy (non-hydrogen) atoms. The van der Waals surface area contributed by atoms with Crippen LogP contribution >= 0.6 is 15.9 Å². The van der Waals surface area contributed by atoms with Crippen molar-refractivity contribution in [1.29, 1.82) is 0 Å². The van der Waals surface area contributed by atoms with E-state index in [-0.39, 0.29) is 11.5 Å². The molecule has 0 saturated carbocycles. The second kappa shape index (κ2) is 8.96. The first kappa shape index (κ1) is 20.7. The maximum Gasteiger partial charge on any atom is 0.373 e. The largest absolute Gasteiger partial charge is 0.463 e. The number of alkyl halides is 1. The van der Waals surface area contributed by atoms with Gasteiger partial charge in [-0.1, -0.05) is 40.2 Å². The molecule has 0 radical (unpaired) electrons. The van der Waals surface area contributed by atoms with E-state index >= 15 is 0 Å². The van der Waals surface area contributed by atoms with Gasteiger partial charge in [0, 0.05) is 16.1 Å². The number of halogens is 1. The summed E-state index contributed by atoms with van der Waals surface area (Å²) in [7, 11) is 2.67. The highest BCUT2D eigenvalue weighted by molar-refractivity contribution is 9.08. The van der Waals surface area contributed by atoms with Crippen LogP contribution in [0.3, 0.4) is 0 Å². The van der Waals surface area contributed by atoms with Gasteiger partial charge in [0.15, 0.2) is 0 Å². The number of carbonyl (C=O) groups excluding carboxylic acids is 2. The SMILES string of the molecule is COC(=O)c1cc2ccc(C)cc2o1.COC(=O)c1cc2ccc(CBr)cc2o1. The molecule has 0 aliphatic heterocycles. The maximum atomic E-state index is 11.2. The van der Waals surface area contributed by atoms with Crippen LogP contribution in [0.15, 0.2) is 57.4 Å². The number of hydrogen-bond donors (Lipinski definition) is 0. The minimum Gasteiger partial charge on any atom is -0.463 e.